The number of rotatable bonds is 11. The van der Waals surface area contributed by atoms with Crippen LogP contribution in [0.1, 0.15) is 73.7 Å². The Hall–Kier alpha value is -3.74. The number of carbonyl (C=O) groups is 4. The van der Waals surface area contributed by atoms with E-state index in [0.29, 0.717) is 48.5 Å². The van der Waals surface area contributed by atoms with Crippen LogP contribution < -0.4 is 16.0 Å². The Bertz CT molecular complexity index is 1190. The highest BCUT2D eigenvalue weighted by molar-refractivity contribution is 6.10. The van der Waals surface area contributed by atoms with Crippen LogP contribution in [0.5, 0.6) is 0 Å². The first-order valence-corrected chi connectivity index (χ1v) is 14.1. The first-order chi connectivity index (χ1) is 18.9. The molecule has 1 saturated heterocycles. The molecule has 3 atom stereocenters. The highest BCUT2D eigenvalue weighted by Crippen LogP contribution is 2.34. The van der Waals surface area contributed by atoms with Crippen LogP contribution in [-0.2, 0) is 14.4 Å². The van der Waals surface area contributed by atoms with Crippen LogP contribution in [0, 0.1) is 17.8 Å². The molecule has 0 aromatic heterocycles. The van der Waals surface area contributed by atoms with Gasteiger partial charge in [-0.05, 0) is 50.2 Å². The fraction of sp³-hybridized carbons (Fsp3) is 0.438. The van der Waals surface area contributed by atoms with Crippen LogP contribution in [0.4, 0.5) is 5.69 Å². The van der Waals surface area contributed by atoms with Crippen molar-refractivity contribution in [3.8, 4) is 0 Å². The molecule has 0 radical (unpaired) electrons. The first kappa shape index (κ1) is 28.3. The topological polar surface area (TPSA) is 110 Å². The minimum Gasteiger partial charge on any atom is -0.369 e. The predicted molar refractivity (Wildman–Crippen MR) is 152 cm³/mol. The molecule has 2 aromatic rings. The zero-order valence-electron chi connectivity index (χ0n) is 22.5. The Morgan fingerprint density at radius 1 is 0.949 bits per heavy atom. The lowest BCUT2D eigenvalue weighted by molar-refractivity contribution is -0.135. The number of anilines is 1. The summed E-state index contributed by atoms with van der Waals surface area (Å²) in [5, 5.41) is 3.00. The molecular weight excluding hydrogens is 490 g/mol. The van der Waals surface area contributed by atoms with E-state index < -0.39 is 23.8 Å². The number of nitrogens with zero attached hydrogens (tertiary/aromatic N) is 1. The lowest BCUT2D eigenvalue weighted by Gasteiger charge is -2.29. The van der Waals surface area contributed by atoms with Crippen molar-refractivity contribution < 1.29 is 19.2 Å². The second kappa shape index (κ2) is 13.4. The second-order valence-corrected chi connectivity index (χ2v) is 10.8. The third-order valence-corrected chi connectivity index (χ3v) is 8.13. The van der Waals surface area contributed by atoms with E-state index in [4.69, 9.17) is 5.73 Å². The van der Waals surface area contributed by atoms with Crippen molar-refractivity contribution in [2.75, 3.05) is 11.4 Å². The monoisotopic (exact) mass is 529 g/mol. The molecule has 1 heterocycles. The molecule has 1 aliphatic carbocycles. The van der Waals surface area contributed by atoms with Gasteiger partial charge in [-0.2, -0.15) is 0 Å². The fourth-order valence-corrected chi connectivity index (χ4v) is 6.00. The average molecular weight is 530 g/mol. The van der Waals surface area contributed by atoms with Gasteiger partial charge in [0.25, 0.3) is 0 Å². The van der Waals surface area contributed by atoms with Crippen molar-refractivity contribution in [2.24, 2.45) is 23.5 Å². The van der Waals surface area contributed by atoms with E-state index in [0.717, 1.165) is 38.5 Å². The third kappa shape index (κ3) is 7.02. The van der Waals surface area contributed by atoms with Crippen molar-refractivity contribution in [1.82, 2.24) is 5.32 Å². The normalized spacial score (nSPS) is 19.6. The number of hydrogen-bond donors (Lipinski definition) is 2. The zero-order valence-corrected chi connectivity index (χ0v) is 22.5. The van der Waals surface area contributed by atoms with Gasteiger partial charge in [0.1, 0.15) is 6.04 Å². The molecule has 2 aromatic carbocycles. The molecule has 7 heteroatoms. The van der Waals surface area contributed by atoms with E-state index >= 15 is 0 Å². The van der Waals surface area contributed by atoms with Gasteiger partial charge in [0, 0.05) is 23.4 Å². The molecule has 3 amide bonds. The van der Waals surface area contributed by atoms with Gasteiger partial charge in [-0.1, -0.05) is 74.2 Å². The lowest BCUT2D eigenvalue weighted by atomic mass is 9.80. The van der Waals surface area contributed by atoms with Gasteiger partial charge >= 0.3 is 0 Å². The molecule has 2 fully saturated rings. The van der Waals surface area contributed by atoms with Gasteiger partial charge in [-0.25, -0.2) is 0 Å². The molecule has 0 unspecified atom stereocenters. The highest BCUT2D eigenvalue weighted by atomic mass is 16.2. The van der Waals surface area contributed by atoms with E-state index in [1.54, 1.807) is 41.3 Å². The van der Waals surface area contributed by atoms with Crippen molar-refractivity contribution in [2.45, 2.75) is 63.8 Å². The molecule has 0 spiro atoms. The molecule has 0 bridgehead atoms. The number of nitrogens with one attached hydrogen (secondary N) is 1. The maximum absolute atomic E-state index is 13.7. The summed E-state index contributed by atoms with van der Waals surface area (Å²) in [6.07, 6.45) is 8.95. The summed E-state index contributed by atoms with van der Waals surface area (Å²) in [5.74, 6) is -2.00. The fourth-order valence-electron chi connectivity index (χ4n) is 6.00. The van der Waals surface area contributed by atoms with E-state index in [1.807, 2.05) is 24.3 Å². The molecule has 4 rings (SSSR count). The minimum atomic E-state index is -0.711. The SMILES string of the molecule is C=CC[C@H](C(N)=O)[C@@H](CC1CCCC1)C(=O)N[C@H]1CCCCN(c2cccc(C(=O)c3ccccc3)c2)C1=O. The number of nitrogens with two attached hydrogens (primary N) is 1. The average Bonchev–Trinajstić information content (AvgIpc) is 3.40. The quantitative estimate of drug-likeness (QED) is 0.322. The molecular formula is C32H39N3O4. The molecule has 206 valence electrons. The molecule has 7 nitrogen and oxygen atoms in total. The zero-order chi connectivity index (χ0) is 27.8. The van der Waals surface area contributed by atoms with Crippen LogP contribution in [0.3, 0.4) is 0 Å². The van der Waals surface area contributed by atoms with E-state index in [2.05, 4.69) is 11.9 Å². The predicted octanol–water partition coefficient (Wildman–Crippen LogP) is 4.79. The summed E-state index contributed by atoms with van der Waals surface area (Å²) in [6.45, 7) is 4.25. The van der Waals surface area contributed by atoms with Gasteiger partial charge in [0.2, 0.25) is 17.7 Å². The number of amides is 3. The summed E-state index contributed by atoms with van der Waals surface area (Å²) in [6, 6.07) is 15.4. The number of allylic oxidation sites excluding steroid dienone is 1. The van der Waals surface area contributed by atoms with Crippen molar-refractivity contribution in [3.63, 3.8) is 0 Å². The van der Waals surface area contributed by atoms with Crippen molar-refractivity contribution >= 4 is 29.2 Å². The van der Waals surface area contributed by atoms with Crippen LogP contribution in [0.25, 0.3) is 0 Å². The summed E-state index contributed by atoms with van der Waals surface area (Å²) in [7, 11) is 0. The van der Waals surface area contributed by atoms with Gasteiger partial charge in [-0.15, -0.1) is 6.58 Å². The standard InChI is InChI=1S/C32H39N3O4/c1-2-11-26(30(33)37)27(20-22-12-6-7-13-22)31(38)34-28-18-8-9-19-35(32(28)39)25-17-10-16-24(21-25)29(36)23-14-4-3-5-15-23/h2-5,10,14-17,21-22,26-28H,1,6-9,11-13,18-20H2,(H2,33,37)(H,34,38)/t26-,27+,28-/m0/s1. The van der Waals surface area contributed by atoms with Gasteiger partial charge < -0.3 is 16.0 Å². The minimum absolute atomic E-state index is 0.112. The van der Waals surface area contributed by atoms with Crippen LogP contribution >= 0.6 is 0 Å². The Kier molecular flexibility index (Phi) is 9.69. The number of carbonyl (C=O) groups excluding carboxylic acids is 4. The second-order valence-electron chi connectivity index (χ2n) is 10.8. The molecule has 39 heavy (non-hydrogen) atoms. The lowest BCUT2D eigenvalue weighted by Crippen LogP contribution is -2.51. The summed E-state index contributed by atoms with van der Waals surface area (Å²) < 4.78 is 0. The van der Waals surface area contributed by atoms with Crippen LogP contribution in [-0.4, -0.2) is 36.1 Å². The Balaban J connectivity index is 1.53. The molecule has 2 aliphatic rings. The maximum atomic E-state index is 13.7. The van der Waals surface area contributed by atoms with Gasteiger partial charge in [-0.3, -0.25) is 19.2 Å². The Morgan fingerprint density at radius 2 is 1.64 bits per heavy atom. The Labute approximate surface area is 230 Å². The smallest absolute Gasteiger partial charge is 0.249 e. The van der Waals surface area contributed by atoms with E-state index in [9.17, 15) is 19.2 Å². The van der Waals surface area contributed by atoms with Crippen molar-refractivity contribution in [3.05, 3.63) is 78.4 Å². The van der Waals surface area contributed by atoms with Crippen molar-refractivity contribution in [1.29, 1.82) is 0 Å². The van der Waals surface area contributed by atoms with Gasteiger partial charge in [0.15, 0.2) is 5.78 Å². The number of primary amides is 1. The summed E-state index contributed by atoms with van der Waals surface area (Å²) in [4.78, 5) is 54.4. The van der Waals surface area contributed by atoms with Crippen LogP contribution in [0.15, 0.2) is 67.3 Å². The highest BCUT2D eigenvalue weighted by Gasteiger charge is 2.37. The largest absolute Gasteiger partial charge is 0.369 e. The molecule has 1 saturated carbocycles. The summed E-state index contributed by atoms with van der Waals surface area (Å²) in [5.41, 5.74) is 7.45. The number of benzene rings is 2. The molecule has 3 N–H and O–H groups in total. The number of ketones is 1. The van der Waals surface area contributed by atoms with E-state index in [-0.39, 0.29) is 17.6 Å². The maximum Gasteiger partial charge on any atom is 0.249 e. The van der Waals surface area contributed by atoms with E-state index in [1.165, 1.54) is 0 Å². The first-order valence-electron chi connectivity index (χ1n) is 14.1. The third-order valence-electron chi connectivity index (χ3n) is 8.13. The number of hydrogen-bond acceptors (Lipinski definition) is 4. The van der Waals surface area contributed by atoms with Crippen LogP contribution in [0.2, 0.25) is 0 Å². The molecule has 1 aliphatic heterocycles. The summed E-state index contributed by atoms with van der Waals surface area (Å²) >= 11 is 0. The Morgan fingerprint density at radius 3 is 2.33 bits per heavy atom. The van der Waals surface area contributed by atoms with Gasteiger partial charge in [0.05, 0.1) is 11.8 Å².